The van der Waals surface area contributed by atoms with Gasteiger partial charge in [0.1, 0.15) is 0 Å². The number of hydrogen-bond donors (Lipinski definition) is 0. The van der Waals surface area contributed by atoms with Gasteiger partial charge in [-0.3, -0.25) is 4.70 Å². The second-order valence-corrected chi connectivity index (χ2v) is 5.69. The summed E-state index contributed by atoms with van der Waals surface area (Å²) >= 11 is 35.3. The van der Waals surface area contributed by atoms with Gasteiger partial charge in [-0.1, -0.05) is 0 Å². The predicted octanol–water partition coefficient (Wildman–Crippen LogP) is 3.80. The van der Waals surface area contributed by atoms with E-state index in [9.17, 15) is 0 Å². The van der Waals surface area contributed by atoms with Gasteiger partial charge in [0.25, 0.3) is 0 Å². The van der Waals surface area contributed by atoms with Crippen molar-refractivity contribution in [2.75, 3.05) is 0 Å². The molecule has 1 saturated carbocycles. The van der Waals surface area contributed by atoms with Crippen LogP contribution in [0.4, 0.5) is 4.70 Å². The highest BCUT2D eigenvalue weighted by atomic mass is 35.5. The number of hydrogen-bond acceptors (Lipinski definition) is 0. The molecule has 0 bridgehead atoms. The monoisotopic (exact) mass is 308 g/mol. The molecule has 0 aromatic rings. The Hall–Kier alpha value is 1.67. The van der Waals surface area contributed by atoms with Crippen LogP contribution in [0, 0.1) is 0 Å². The molecule has 1 aliphatic carbocycles. The summed E-state index contributed by atoms with van der Waals surface area (Å²) in [6.45, 7) is 0. The van der Waals surface area contributed by atoms with Crippen molar-refractivity contribution in [2.45, 2.75) is 32.3 Å². The van der Waals surface area contributed by atoms with Gasteiger partial charge in [-0.25, -0.2) is 0 Å². The summed E-state index contributed by atoms with van der Waals surface area (Å²) in [6.07, 6.45) is 0. The van der Waals surface area contributed by atoms with Crippen LogP contribution in [0.1, 0.15) is 0 Å². The third kappa shape index (κ3) is 2.83. The maximum atomic E-state index is 5.88. The molecule has 0 aromatic heterocycles. The van der Waals surface area contributed by atoms with Crippen LogP contribution < -0.4 is 0 Å². The van der Waals surface area contributed by atoms with Crippen LogP contribution in [-0.4, -0.2) is 32.3 Å². The molecule has 0 aliphatic heterocycles. The van der Waals surface area contributed by atoms with Gasteiger partial charge in [0.15, 0.2) is 0 Å². The van der Waals surface area contributed by atoms with Crippen LogP contribution in [-0.2, 0) is 0 Å². The van der Waals surface area contributed by atoms with Crippen LogP contribution >= 0.6 is 69.6 Å². The highest BCUT2D eigenvalue weighted by Crippen LogP contribution is 2.39. The summed E-state index contributed by atoms with van der Waals surface area (Å²) < 4.78 is 0. The lowest BCUT2D eigenvalue weighted by molar-refractivity contribution is 0.544. The van der Waals surface area contributed by atoms with Gasteiger partial charge in [0, 0.05) is 0 Å². The zero-order chi connectivity index (χ0) is 9.46. The molecule has 0 unspecified atom stereocenters. The average Bonchev–Trinajstić information content (AvgIpc) is 2.08. The third-order valence-electron chi connectivity index (χ3n) is 1.83. The van der Waals surface area contributed by atoms with E-state index in [0.29, 0.717) is 0 Å². The largest absolute Gasteiger partial charge is 0.269 e. The molecule has 0 spiro atoms. The van der Waals surface area contributed by atoms with E-state index in [2.05, 4.69) is 0 Å². The minimum Gasteiger partial charge on any atom is -0.269 e. The molecule has 13 heavy (non-hydrogen) atoms. The van der Waals surface area contributed by atoms with E-state index in [4.69, 9.17) is 69.6 Å². The second-order valence-electron chi connectivity index (χ2n) is 2.67. The van der Waals surface area contributed by atoms with E-state index < -0.39 is 32.3 Å². The van der Waals surface area contributed by atoms with E-state index >= 15 is 0 Å². The minimum absolute atomic E-state index is 0. The first-order valence-electron chi connectivity index (χ1n) is 3.31. The fourth-order valence-electron chi connectivity index (χ4n) is 1.05. The van der Waals surface area contributed by atoms with E-state index in [1.165, 1.54) is 0 Å². The lowest BCUT2D eigenvalue weighted by Crippen LogP contribution is -2.52. The molecule has 0 nitrogen and oxygen atoms in total. The van der Waals surface area contributed by atoms with E-state index in [-0.39, 0.29) is 4.70 Å². The highest BCUT2D eigenvalue weighted by molar-refractivity contribution is 6.45. The topological polar surface area (TPSA) is 0 Å². The lowest BCUT2D eigenvalue weighted by Gasteiger charge is -2.37. The highest BCUT2D eigenvalue weighted by Gasteiger charge is 2.46. The van der Waals surface area contributed by atoms with Crippen molar-refractivity contribution >= 4 is 69.6 Å². The van der Waals surface area contributed by atoms with Gasteiger partial charge >= 0.3 is 0 Å². The van der Waals surface area contributed by atoms with Crippen molar-refractivity contribution < 1.29 is 4.70 Å². The standard InChI is InChI=1S/C6H6Cl6.FH/c7-1-2(8)4(10)6(12)5(11)3(1)9;/h1-6H;1H. The number of halogens is 7. The third-order valence-corrected chi connectivity index (χ3v) is 5.86. The normalized spacial score (nSPS) is 51.2. The fraction of sp³-hybridized carbons (Fsp3) is 1.00. The Balaban J connectivity index is 0.00000144. The van der Waals surface area contributed by atoms with Crippen LogP contribution in [0.3, 0.4) is 0 Å². The van der Waals surface area contributed by atoms with Crippen LogP contribution in [0.5, 0.6) is 0 Å². The van der Waals surface area contributed by atoms with Gasteiger partial charge in [-0.15, -0.1) is 69.6 Å². The molecule has 7 heteroatoms. The van der Waals surface area contributed by atoms with E-state index in [1.54, 1.807) is 0 Å². The maximum Gasteiger partial charge on any atom is 0.0693 e. The molecule has 0 aromatic carbocycles. The second kappa shape index (κ2) is 5.67. The Kier molecular flexibility index (Phi) is 6.40. The van der Waals surface area contributed by atoms with E-state index in [0.717, 1.165) is 0 Å². The molecule has 0 saturated heterocycles. The van der Waals surface area contributed by atoms with Gasteiger partial charge < -0.3 is 0 Å². The van der Waals surface area contributed by atoms with Crippen molar-refractivity contribution in [3.8, 4) is 0 Å². The van der Waals surface area contributed by atoms with Crippen molar-refractivity contribution in [2.24, 2.45) is 0 Å². The SMILES string of the molecule is ClC1C(Cl)C(Cl)C(Cl)C(Cl)C1Cl.F. The Morgan fingerprint density at radius 2 is 0.462 bits per heavy atom. The summed E-state index contributed by atoms with van der Waals surface area (Å²) in [7, 11) is 0. The molecule has 1 aliphatic rings. The zero-order valence-electron chi connectivity index (χ0n) is 6.14. The maximum absolute atomic E-state index is 5.88. The van der Waals surface area contributed by atoms with E-state index in [1.807, 2.05) is 0 Å². The van der Waals surface area contributed by atoms with Crippen molar-refractivity contribution in [1.82, 2.24) is 0 Å². The molecule has 80 valence electrons. The van der Waals surface area contributed by atoms with Crippen LogP contribution in [0.25, 0.3) is 0 Å². The Bertz CT molecular complexity index is 109. The number of alkyl halides is 6. The summed E-state index contributed by atoms with van der Waals surface area (Å²) in [5.41, 5.74) is 0. The van der Waals surface area contributed by atoms with Gasteiger partial charge in [0.05, 0.1) is 32.3 Å². The Labute approximate surface area is 106 Å². The first-order chi connectivity index (χ1) is 5.46. The quantitative estimate of drug-likeness (QED) is 0.597. The fourth-order valence-corrected chi connectivity index (χ4v) is 3.38. The van der Waals surface area contributed by atoms with Gasteiger partial charge in [0.2, 0.25) is 0 Å². The smallest absolute Gasteiger partial charge is 0.0693 e. The van der Waals surface area contributed by atoms with Crippen LogP contribution in [0.2, 0.25) is 0 Å². The van der Waals surface area contributed by atoms with Crippen LogP contribution in [0.15, 0.2) is 0 Å². The van der Waals surface area contributed by atoms with Crippen molar-refractivity contribution in [1.29, 1.82) is 0 Å². The summed E-state index contributed by atoms with van der Waals surface area (Å²) in [6, 6.07) is 0. The summed E-state index contributed by atoms with van der Waals surface area (Å²) in [4.78, 5) is 0. The summed E-state index contributed by atoms with van der Waals surface area (Å²) in [5.74, 6) is 0. The zero-order valence-corrected chi connectivity index (χ0v) is 10.7. The molecule has 0 amide bonds. The molecule has 0 N–H and O–H groups in total. The first kappa shape index (κ1) is 14.7. The number of rotatable bonds is 0. The molecule has 0 radical (unpaired) electrons. The molecular weight excluding hydrogens is 304 g/mol. The molecule has 1 rings (SSSR count). The average molecular weight is 311 g/mol. The Morgan fingerprint density at radius 1 is 0.385 bits per heavy atom. The molecule has 1 fully saturated rings. The predicted molar refractivity (Wildman–Crippen MR) is 60.3 cm³/mol. The molecule has 0 heterocycles. The lowest BCUT2D eigenvalue weighted by atomic mass is 9.97. The Morgan fingerprint density at radius 3 is 0.538 bits per heavy atom. The molecular formula is C6H7Cl6F. The van der Waals surface area contributed by atoms with Gasteiger partial charge in [-0.05, 0) is 0 Å². The minimum atomic E-state index is -0.437. The van der Waals surface area contributed by atoms with Crippen molar-refractivity contribution in [3.63, 3.8) is 0 Å². The van der Waals surface area contributed by atoms with Crippen molar-refractivity contribution in [3.05, 3.63) is 0 Å². The first-order valence-corrected chi connectivity index (χ1v) is 5.93. The van der Waals surface area contributed by atoms with Gasteiger partial charge in [-0.2, -0.15) is 0 Å². The summed E-state index contributed by atoms with van der Waals surface area (Å²) in [5, 5.41) is -2.62. The molecule has 0 atom stereocenters.